The molecule has 3 aromatic rings. The molecule has 2 heterocycles. The zero-order valence-electron chi connectivity index (χ0n) is 20.1. The van der Waals surface area contributed by atoms with Crippen molar-refractivity contribution in [3.63, 3.8) is 0 Å². The molecule has 0 aliphatic heterocycles. The minimum atomic E-state index is -4.80. The van der Waals surface area contributed by atoms with Gasteiger partial charge in [0, 0.05) is 38.8 Å². The van der Waals surface area contributed by atoms with E-state index in [0.29, 0.717) is 38.0 Å². The summed E-state index contributed by atoms with van der Waals surface area (Å²) in [7, 11) is 4.55. The van der Waals surface area contributed by atoms with Crippen LogP contribution in [0.3, 0.4) is 0 Å². The van der Waals surface area contributed by atoms with Crippen LogP contribution in [0.25, 0.3) is 11.0 Å². The molecule has 4 rings (SSSR count). The number of carbonyl (C=O) groups is 2. The van der Waals surface area contributed by atoms with Crippen molar-refractivity contribution in [2.24, 2.45) is 25.9 Å². The Labute approximate surface area is 204 Å². The number of hydrogen-bond acceptors (Lipinski definition) is 5. The SMILES string of the molecule is COc1ccc2c(c1)n(C[C@H]1CC[C@H](C(=O)NNC(=O)c3cn(C)nc3C(F)(F)F)CC1)c(=O)n2C. The Kier molecular flexibility index (Phi) is 6.83. The summed E-state index contributed by atoms with van der Waals surface area (Å²) < 4.78 is 48.7. The van der Waals surface area contributed by atoms with E-state index in [-0.39, 0.29) is 11.6 Å². The summed E-state index contributed by atoms with van der Waals surface area (Å²) in [6, 6.07) is 5.46. The van der Waals surface area contributed by atoms with E-state index in [1.165, 1.54) is 7.05 Å². The van der Waals surface area contributed by atoms with Crippen molar-refractivity contribution >= 4 is 22.8 Å². The number of alkyl halides is 3. The second kappa shape index (κ2) is 9.70. The molecule has 1 aliphatic carbocycles. The fourth-order valence-electron chi connectivity index (χ4n) is 4.71. The van der Waals surface area contributed by atoms with Gasteiger partial charge in [0.25, 0.3) is 5.91 Å². The number of hydrogen-bond donors (Lipinski definition) is 2. The number of amides is 2. The number of benzene rings is 1. The lowest BCUT2D eigenvalue weighted by atomic mass is 9.81. The lowest BCUT2D eigenvalue weighted by Gasteiger charge is -2.28. The van der Waals surface area contributed by atoms with Crippen molar-refractivity contribution < 1.29 is 27.5 Å². The number of carbonyl (C=O) groups excluding carboxylic acids is 2. The van der Waals surface area contributed by atoms with Crippen molar-refractivity contribution in [1.29, 1.82) is 0 Å². The highest BCUT2D eigenvalue weighted by Gasteiger charge is 2.39. The van der Waals surface area contributed by atoms with E-state index >= 15 is 0 Å². The van der Waals surface area contributed by atoms with Gasteiger partial charge in [-0.15, -0.1) is 0 Å². The number of imidazole rings is 1. The number of nitrogens with one attached hydrogen (secondary N) is 2. The molecule has 1 aromatic carbocycles. The standard InChI is InChI=1S/C23H27F3N6O4/c1-30-12-16(19(29-30)23(24,25)26)21(34)28-27-20(33)14-6-4-13(5-7-14)11-32-18-10-15(36-3)8-9-17(18)31(2)22(32)35/h8-10,12-14H,4-7,11H2,1-3H3,(H,27,33)(H,28,34)/t13-,14-. The van der Waals surface area contributed by atoms with Crippen molar-refractivity contribution in [3.8, 4) is 5.75 Å². The summed E-state index contributed by atoms with van der Waals surface area (Å²) in [5.74, 6) is -1.14. The molecule has 0 spiro atoms. The van der Waals surface area contributed by atoms with E-state index in [0.717, 1.165) is 21.9 Å². The molecule has 0 unspecified atom stereocenters. The van der Waals surface area contributed by atoms with E-state index in [4.69, 9.17) is 4.74 Å². The second-order valence-corrected chi connectivity index (χ2v) is 9.03. The summed E-state index contributed by atoms with van der Waals surface area (Å²) in [4.78, 5) is 37.6. The first-order valence-corrected chi connectivity index (χ1v) is 11.4. The average Bonchev–Trinajstić information content (AvgIpc) is 3.36. The first-order valence-electron chi connectivity index (χ1n) is 11.4. The van der Waals surface area contributed by atoms with Crippen molar-refractivity contribution in [1.82, 2.24) is 29.8 Å². The highest BCUT2D eigenvalue weighted by Crippen LogP contribution is 2.32. The molecular formula is C23H27F3N6O4. The predicted octanol–water partition coefficient (Wildman–Crippen LogP) is 2.37. The van der Waals surface area contributed by atoms with Crippen LogP contribution in [0.4, 0.5) is 13.2 Å². The average molecular weight is 509 g/mol. The van der Waals surface area contributed by atoms with Crippen molar-refractivity contribution in [2.45, 2.75) is 38.4 Å². The maximum absolute atomic E-state index is 13.1. The van der Waals surface area contributed by atoms with Crippen LogP contribution < -0.4 is 21.3 Å². The minimum absolute atomic E-state index is 0.130. The quantitative estimate of drug-likeness (QED) is 0.514. The number of halogens is 3. The molecule has 10 nitrogen and oxygen atoms in total. The Hall–Kier alpha value is -3.77. The first kappa shape index (κ1) is 25.3. The van der Waals surface area contributed by atoms with Crippen LogP contribution in [0.2, 0.25) is 0 Å². The van der Waals surface area contributed by atoms with Crippen LogP contribution in [0.15, 0.2) is 29.2 Å². The van der Waals surface area contributed by atoms with Gasteiger partial charge in [-0.05, 0) is 43.7 Å². The maximum Gasteiger partial charge on any atom is 0.435 e. The van der Waals surface area contributed by atoms with Gasteiger partial charge >= 0.3 is 11.9 Å². The van der Waals surface area contributed by atoms with E-state index in [2.05, 4.69) is 16.0 Å². The molecule has 0 radical (unpaired) electrons. The van der Waals surface area contributed by atoms with Gasteiger partial charge in [-0.3, -0.25) is 34.3 Å². The Morgan fingerprint density at radius 1 is 1.11 bits per heavy atom. The van der Waals surface area contributed by atoms with Crippen LogP contribution in [0, 0.1) is 11.8 Å². The second-order valence-electron chi connectivity index (χ2n) is 9.03. The molecule has 2 amide bonds. The number of rotatable bonds is 5. The molecule has 0 saturated heterocycles. The van der Waals surface area contributed by atoms with E-state index in [9.17, 15) is 27.6 Å². The van der Waals surface area contributed by atoms with Gasteiger partial charge in [0.15, 0.2) is 5.69 Å². The Morgan fingerprint density at radius 2 is 1.81 bits per heavy atom. The largest absolute Gasteiger partial charge is 0.497 e. The van der Waals surface area contributed by atoms with E-state index in [1.54, 1.807) is 29.4 Å². The third kappa shape index (κ3) is 4.95. The van der Waals surface area contributed by atoms with Gasteiger partial charge in [-0.1, -0.05) is 0 Å². The van der Waals surface area contributed by atoms with Crippen LogP contribution in [-0.4, -0.2) is 37.8 Å². The smallest absolute Gasteiger partial charge is 0.435 e. The number of aromatic nitrogens is 4. The Morgan fingerprint density at radius 3 is 2.44 bits per heavy atom. The summed E-state index contributed by atoms with van der Waals surface area (Å²) in [5.41, 5.74) is 3.75. The molecule has 194 valence electrons. The van der Waals surface area contributed by atoms with Crippen molar-refractivity contribution in [3.05, 3.63) is 46.1 Å². The fourth-order valence-corrected chi connectivity index (χ4v) is 4.71. The fraction of sp³-hybridized carbons (Fsp3) is 0.478. The number of nitrogens with zero attached hydrogens (tertiary/aromatic N) is 4. The normalized spacial score (nSPS) is 18.3. The van der Waals surface area contributed by atoms with Crippen LogP contribution in [0.5, 0.6) is 5.75 Å². The van der Waals surface area contributed by atoms with Gasteiger partial charge in [-0.25, -0.2) is 4.79 Å². The predicted molar refractivity (Wildman–Crippen MR) is 123 cm³/mol. The van der Waals surface area contributed by atoms with Crippen LogP contribution >= 0.6 is 0 Å². The Bertz CT molecular complexity index is 1350. The van der Waals surface area contributed by atoms with E-state index in [1.807, 2.05) is 12.1 Å². The number of fused-ring (bicyclic) bond motifs is 1. The molecule has 0 atom stereocenters. The van der Waals surface area contributed by atoms with Gasteiger partial charge in [0.1, 0.15) is 5.75 Å². The maximum atomic E-state index is 13.1. The number of methoxy groups -OCH3 is 1. The summed E-state index contributed by atoms with van der Waals surface area (Å²) in [5, 5.41) is 3.28. The summed E-state index contributed by atoms with van der Waals surface area (Å²) in [6.07, 6.45) is -1.45. The molecular weight excluding hydrogens is 481 g/mol. The lowest BCUT2D eigenvalue weighted by molar-refractivity contribution is -0.141. The third-order valence-corrected chi connectivity index (χ3v) is 6.65. The highest BCUT2D eigenvalue weighted by atomic mass is 19.4. The molecule has 1 fully saturated rings. The van der Waals surface area contributed by atoms with Gasteiger partial charge < -0.3 is 4.74 Å². The van der Waals surface area contributed by atoms with Crippen molar-refractivity contribution in [2.75, 3.05) is 7.11 Å². The summed E-state index contributed by atoms with van der Waals surface area (Å²) >= 11 is 0. The molecule has 1 saturated carbocycles. The molecule has 36 heavy (non-hydrogen) atoms. The van der Waals surface area contributed by atoms with Gasteiger partial charge in [0.05, 0.1) is 23.7 Å². The molecule has 0 bridgehead atoms. The lowest BCUT2D eigenvalue weighted by Crippen LogP contribution is -2.45. The van der Waals surface area contributed by atoms with Gasteiger partial charge in [0.2, 0.25) is 5.91 Å². The highest BCUT2D eigenvalue weighted by molar-refractivity contribution is 5.96. The number of ether oxygens (including phenoxy) is 1. The van der Waals surface area contributed by atoms with Crippen LogP contribution in [-0.2, 0) is 31.6 Å². The zero-order valence-corrected chi connectivity index (χ0v) is 20.1. The Balaban J connectivity index is 1.34. The minimum Gasteiger partial charge on any atom is -0.497 e. The number of hydrazine groups is 1. The monoisotopic (exact) mass is 508 g/mol. The van der Waals surface area contributed by atoms with Gasteiger partial charge in [-0.2, -0.15) is 18.3 Å². The third-order valence-electron chi connectivity index (χ3n) is 6.65. The molecule has 2 N–H and O–H groups in total. The number of aryl methyl sites for hydroxylation is 2. The molecule has 1 aliphatic rings. The van der Waals surface area contributed by atoms with E-state index < -0.39 is 35.2 Å². The summed E-state index contributed by atoms with van der Waals surface area (Å²) in [6.45, 7) is 0.496. The first-order chi connectivity index (χ1) is 17.0. The molecule has 13 heteroatoms. The van der Waals surface area contributed by atoms with Crippen LogP contribution in [0.1, 0.15) is 41.7 Å². The topological polar surface area (TPSA) is 112 Å². The zero-order chi connectivity index (χ0) is 26.2. The molecule has 2 aromatic heterocycles.